The van der Waals surface area contributed by atoms with Gasteiger partial charge < -0.3 is 0 Å². The Kier molecular flexibility index (Phi) is 6.21. The number of benzene rings is 2. The topological polar surface area (TPSA) is 24.7 Å². The smallest absolute Gasteiger partial charge is 0.136 e. The fraction of sp³-hybridized carbons (Fsp3) is 0.125. The summed E-state index contributed by atoms with van der Waals surface area (Å²) >= 11 is 19.3. The number of nitrogens with zero attached hydrogens (tertiary/aromatic N) is 2. The quantitative estimate of drug-likeness (QED) is 0.371. The molecule has 0 amide bonds. The Labute approximate surface area is 156 Å². The van der Waals surface area contributed by atoms with E-state index in [0.29, 0.717) is 10.3 Å². The van der Waals surface area contributed by atoms with Crippen molar-refractivity contribution in [3.05, 3.63) is 67.6 Å². The largest absolute Gasteiger partial charge is 0.158 e. The van der Waals surface area contributed by atoms with Crippen molar-refractivity contribution in [2.45, 2.75) is 13.8 Å². The van der Waals surface area contributed by atoms with Crippen LogP contribution in [0.3, 0.4) is 0 Å². The number of hydrogen-bond donors (Lipinski definition) is 0. The van der Waals surface area contributed by atoms with E-state index in [4.69, 9.17) is 23.2 Å². The molecule has 0 spiro atoms. The Bertz CT molecular complexity index is 705. The molecule has 0 unspecified atom stereocenters. The predicted octanol–water partition coefficient (Wildman–Crippen LogP) is 6.41. The highest BCUT2D eigenvalue weighted by molar-refractivity contribution is 9.10. The molecule has 0 bridgehead atoms. The zero-order valence-electron chi connectivity index (χ0n) is 11.9. The monoisotopic (exact) mass is 460 g/mol. The molecule has 0 atom stereocenters. The van der Waals surface area contributed by atoms with Crippen molar-refractivity contribution in [2.24, 2.45) is 10.2 Å². The molecule has 0 N–H and O–H groups in total. The van der Waals surface area contributed by atoms with Gasteiger partial charge in [-0.3, -0.25) is 0 Å². The fourth-order valence-electron chi connectivity index (χ4n) is 1.75. The first-order chi connectivity index (χ1) is 10.4. The van der Waals surface area contributed by atoms with Gasteiger partial charge in [0.25, 0.3) is 0 Å². The van der Waals surface area contributed by atoms with Crippen LogP contribution in [0.1, 0.15) is 22.3 Å². The molecule has 0 radical (unpaired) electrons. The maximum Gasteiger partial charge on any atom is 0.158 e. The van der Waals surface area contributed by atoms with Crippen LogP contribution in [0.5, 0.6) is 0 Å². The Hall–Kier alpha value is -0.680. The van der Waals surface area contributed by atoms with Gasteiger partial charge in [-0.1, -0.05) is 67.2 Å². The first-order valence-electron chi connectivity index (χ1n) is 6.38. The molecule has 0 saturated carbocycles. The summed E-state index contributed by atoms with van der Waals surface area (Å²) in [6.45, 7) is 3.97. The maximum absolute atomic E-state index is 6.18. The molecule has 0 aliphatic carbocycles. The van der Waals surface area contributed by atoms with Crippen LogP contribution < -0.4 is 0 Å². The normalized spacial score (nSPS) is 12.6. The second-order valence-electron chi connectivity index (χ2n) is 4.71. The third kappa shape index (κ3) is 4.42. The van der Waals surface area contributed by atoms with E-state index >= 15 is 0 Å². The molecule has 2 aromatic carbocycles. The molecule has 0 aliphatic heterocycles. The van der Waals surface area contributed by atoms with E-state index in [1.807, 2.05) is 50.2 Å². The van der Waals surface area contributed by atoms with E-state index in [-0.39, 0.29) is 0 Å². The highest BCUT2D eigenvalue weighted by atomic mass is 79.9. The minimum atomic E-state index is 0.294. The summed E-state index contributed by atoms with van der Waals surface area (Å²) in [5.41, 5.74) is 3.74. The average molecular weight is 463 g/mol. The van der Waals surface area contributed by atoms with E-state index in [1.54, 1.807) is 0 Å². The fourth-order valence-corrected chi connectivity index (χ4v) is 2.55. The summed E-state index contributed by atoms with van der Waals surface area (Å²) in [6.07, 6.45) is 0. The van der Waals surface area contributed by atoms with Crippen LogP contribution in [0.25, 0.3) is 0 Å². The lowest BCUT2D eigenvalue weighted by Gasteiger charge is -2.02. The molecule has 0 aromatic heterocycles. The van der Waals surface area contributed by atoms with Gasteiger partial charge in [-0.05, 0) is 49.2 Å². The molecule has 0 fully saturated rings. The third-order valence-electron chi connectivity index (χ3n) is 3.02. The Morgan fingerprint density at radius 1 is 0.773 bits per heavy atom. The van der Waals surface area contributed by atoms with Crippen molar-refractivity contribution < 1.29 is 0 Å². The lowest BCUT2D eigenvalue weighted by atomic mass is 10.1. The molecule has 0 saturated heterocycles. The summed E-state index contributed by atoms with van der Waals surface area (Å²) in [5, 5.41) is 8.60. The van der Waals surface area contributed by atoms with Crippen LogP contribution in [-0.2, 0) is 0 Å². The van der Waals surface area contributed by atoms with Gasteiger partial charge in [0.05, 0.1) is 0 Å². The van der Waals surface area contributed by atoms with Gasteiger partial charge >= 0.3 is 0 Å². The van der Waals surface area contributed by atoms with Gasteiger partial charge in [-0.15, -0.1) is 10.2 Å². The van der Waals surface area contributed by atoms with Gasteiger partial charge in [-0.25, -0.2) is 0 Å². The van der Waals surface area contributed by atoms with Crippen molar-refractivity contribution in [1.82, 2.24) is 0 Å². The van der Waals surface area contributed by atoms with Crippen LogP contribution >= 0.6 is 55.1 Å². The SMILES string of the molecule is Cc1cc(C(Cl)=NN=C(Cl)c2ccc(Br)c(C)c2)ccc1Br. The number of aryl methyl sites for hydroxylation is 2. The Morgan fingerprint density at radius 3 is 1.45 bits per heavy atom. The Balaban J connectivity index is 2.27. The van der Waals surface area contributed by atoms with Crippen molar-refractivity contribution in [1.29, 1.82) is 0 Å². The van der Waals surface area contributed by atoms with Crippen molar-refractivity contribution in [2.75, 3.05) is 0 Å². The van der Waals surface area contributed by atoms with Crippen molar-refractivity contribution in [3.8, 4) is 0 Å². The lowest BCUT2D eigenvalue weighted by molar-refractivity contribution is 1.25. The molecule has 0 heterocycles. The van der Waals surface area contributed by atoms with Crippen LogP contribution in [0.4, 0.5) is 0 Å². The molecule has 114 valence electrons. The van der Waals surface area contributed by atoms with Crippen LogP contribution in [-0.4, -0.2) is 10.3 Å². The van der Waals surface area contributed by atoms with E-state index in [1.165, 1.54) is 0 Å². The number of rotatable bonds is 3. The van der Waals surface area contributed by atoms with E-state index in [0.717, 1.165) is 31.2 Å². The van der Waals surface area contributed by atoms with Gasteiger partial charge in [-0.2, -0.15) is 0 Å². The number of halogens is 4. The van der Waals surface area contributed by atoms with Crippen LogP contribution in [0.15, 0.2) is 55.5 Å². The summed E-state index contributed by atoms with van der Waals surface area (Å²) in [6, 6.07) is 11.5. The molecule has 22 heavy (non-hydrogen) atoms. The second kappa shape index (κ2) is 7.73. The van der Waals surface area contributed by atoms with Gasteiger partial charge in [0.2, 0.25) is 0 Å². The standard InChI is InChI=1S/C16H12Br2Cl2N2/c1-9-7-11(3-5-13(9)17)15(19)21-22-16(20)12-4-6-14(18)10(2)8-12/h3-8H,1-2H3. The number of hydrogen-bond acceptors (Lipinski definition) is 2. The zero-order chi connectivity index (χ0) is 16.3. The lowest BCUT2D eigenvalue weighted by Crippen LogP contribution is -1.95. The molecule has 2 nitrogen and oxygen atoms in total. The highest BCUT2D eigenvalue weighted by Crippen LogP contribution is 2.20. The van der Waals surface area contributed by atoms with Gasteiger partial charge in [0.15, 0.2) is 10.3 Å². The molecular weight excluding hydrogens is 451 g/mol. The first-order valence-corrected chi connectivity index (χ1v) is 8.72. The summed E-state index contributed by atoms with van der Waals surface area (Å²) in [7, 11) is 0. The molecular formula is C16H12Br2Cl2N2. The minimum absolute atomic E-state index is 0.294. The summed E-state index contributed by atoms with van der Waals surface area (Å²) in [4.78, 5) is 0. The molecule has 2 rings (SSSR count). The highest BCUT2D eigenvalue weighted by Gasteiger charge is 2.05. The first kappa shape index (κ1) is 17.7. The molecule has 2 aromatic rings. The Morgan fingerprint density at radius 2 is 1.14 bits per heavy atom. The van der Waals surface area contributed by atoms with Gasteiger partial charge in [0, 0.05) is 20.1 Å². The van der Waals surface area contributed by atoms with Gasteiger partial charge in [0.1, 0.15) is 0 Å². The maximum atomic E-state index is 6.18. The van der Waals surface area contributed by atoms with E-state index < -0.39 is 0 Å². The average Bonchev–Trinajstić information content (AvgIpc) is 2.50. The second-order valence-corrected chi connectivity index (χ2v) is 7.13. The van der Waals surface area contributed by atoms with E-state index in [9.17, 15) is 0 Å². The van der Waals surface area contributed by atoms with Crippen molar-refractivity contribution in [3.63, 3.8) is 0 Å². The molecule has 6 heteroatoms. The van der Waals surface area contributed by atoms with Crippen LogP contribution in [0.2, 0.25) is 0 Å². The molecule has 0 aliphatic rings. The zero-order valence-corrected chi connectivity index (χ0v) is 16.6. The predicted molar refractivity (Wildman–Crippen MR) is 103 cm³/mol. The van der Waals surface area contributed by atoms with Crippen molar-refractivity contribution >= 4 is 65.4 Å². The summed E-state index contributed by atoms with van der Waals surface area (Å²) < 4.78 is 2.04. The third-order valence-corrected chi connectivity index (χ3v) is 5.39. The minimum Gasteiger partial charge on any atom is -0.136 e. The van der Waals surface area contributed by atoms with E-state index in [2.05, 4.69) is 42.1 Å². The summed E-state index contributed by atoms with van der Waals surface area (Å²) in [5.74, 6) is 0. The van der Waals surface area contributed by atoms with Crippen LogP contribution in [0, 0.1) is 13.8 Å².